The Bertz CT molecular complexity index is 1030. The summed E-state index contributed by atoms with van der Waals surface area (Å²) in [5.74, 6) is -0.0700. The molecule has 0 radical (unpaired) electrons. The summed E-state index contributed by atoms with van der Waals surface area (Å²) in [6.45, 7) is 2.55. The summed E-state index contributed by atoms with van der Waals surface area (Å²) >= 11 is 0. The summed E-state index contributed by atoms with van der Waals surface area (Å²) in [6.07, 6.45) is 3.93. The third kappa shape index (κ3) is 3.19. The molecule has 0 saturated carbocycles. The zero-order valence-electron chi connectivity index (χ0n) is 14.0. The number of carbonyl (C=O) groups is 1. The Morgan fingerprint density at radius 3 is 2.72 bits per heavy atom. The average Bonchev–Trinajstić information content (AvgIpc) is 3.28. The van der Waals surface area contributed by atoms with Gasteiger partial charge >= 0.3 is 0 Å². The van der Waals surface area contributed by atoms with E-state index in [1.807, 2.05) is 66.3 Å². The first kappa shape index (κ1) is 15.3. The average molecular weight is 329 g/mol. The van der Waals surface area contributed by atoms with Gasteiger partial charge in [0.15, 0.2) is 0 Å². The van der Waals surface area contributed by atoms with E-state index in [2.05, 4.69) is 28.5 Å². The molecule has 4 aromatic rings. The molecule has 1 amide bonds. The normalized spacial score (nSPS) is 10.9. The van der Waals surface area contributed by atoms with Gasteiger partial charge in [-0.3, -0.25) is 4.79 Å². The van der Waals surface area contributed by atoms with Crippen molar-refractivity contribution in [2.24, 2.45) is 0 Å². The van der Waals surface area contributed by atoms with E-state index in [9.17, 15) is 4.79 Å². The lowest BCUT2D eigenvalue weighted by molar-refractivity contribution is 0.0951. The number of aromatic nitrogens is 2. The van der Waals surface area contributed by atoms with Crippen molar-refractivity contribution < 1.29 is 4.79 Å². The highest BCUT2D eigenvalue weighted by Crippen LogP contribution is 2.17. The first-order chi connectivity index (χ1) is 12.2. The molecule has 0 aliphatic heterocycles. The van der Waals surface area contributed by atoms with Crippen LogP contribution in [0.3, 0.4) is 0 Å². The molecule has 0 spiro atoms. The fraction of sp³-hybridized carbons (Fsp3) is 0.0952. The van der Waals surface area contributed by atoms with E-state index >= 15 is 0 Å². The number of amides is 1. The molecule has 4 rings (SSSR count). The van der Waals surface area contributed by atoms with Crippen molar-refractivity contribution >= 4 is 16.8 Å². The van der Waals surface area contributed by atoms with E-state index in [1.165, 1.54) is 5.39 Å². The Labute approximate surface area is 146 Å². The summed E-state index contributed by atoms with van der Waals surface area (Å²) in [7, 11) is 0. The van der Waals surface area contributed by atoms with E-state index in [4.69, 9.17) is 0 Å². The van der Waals surface area contributed by atoms with Crippen molar-refractivity contribution in [1.82, 2.24) is 14.9 Å². The summed E-state index contributed by atoms with van der Waals surface area (Å²) in [4.78, 5) is 15.8. The molecule has 0 fully saturated rings. The quantitative estimate of drug-likeness (QED) is 0.579. The highest BCUT2D eigenvalue weighted by Gasteiger charge is 2.07. The number of fused-ring (bicyclic) bond motifs is 1. The Balaban J connectivity index is 1.48. The van der Waals surface area contributed by atoms with Gasteiger partial charge in [-0.05, 0) is 66.4 Å². The highest BCUT2D eigenvalue weighted by molar-refractivity contribution is 5.94. The molecule has 25 heavy (non-hydrogen) atoms. The van der Waals surface area contributed by atoms with Crippen LogP contribution in [0.5, 0.6) is 0 Å². The Morgan fingerprint density at radius 1 is 1.04 bits per heavy atom. The van der Waals surface area contributed by atoms with Crippen LogP contribution in [-0.2, 0) is 6.54 Å². The van der Waals surface area contributed by atoms with Crippen LogP contribution in [0.4, 0.5) is 0 Å². The molecule has 2 aromatic heterocycles. The lowest BCUT2D eigenvalue weighted by atomic mass is 10.1. The molecule has 0 bridgehead atoms. The molecule has 124 valence electrons. The van der Waals surface area contributed by atoms with Crippen molar-refractivity contribution in [2.45, 2.75) is 13.5 Å². The summed E-state index contributed by atoms with van der Waals surface area (Å²) in [5.41, 5.74) is 4.97. The molecular formula is C21H19N3O. The Morgan fingerprint density at radius 2 is 1.88 bits per heavy atom. The molecule has 0 aliphatic carbocycles. The number of nitrogens with zero attached hydrogens (tertiary/aromatic N) is 1. The largest absolute Gasteiger partial charge is 0.359 e. The minimum absolute atomic E-state index is 0.0700. The van der Waals surface area contributed by atoms with Gasteiger partial charge in [0, 0.05) is 41.4 Å². The predicted octanol–water partition coefficient (Wildman–Crippen LogP) is 4.20. The van der Waals surface area contributed by atoms with Crippen LogP contribution in [0.25, 0.3) is 16.6 Å². The zero-order chi connectivity index (χ0) is 17.2. The van der Waals surface area contributed by atoms with Gasteiger partial charge in [-0.1, -0.05) is 12.1 Å². The minimum atomic E-state index is -0.0700. The van der Waals surface area contributed by atoms with Gasteiger partial charge in [0.1, 0.15) is 0 Å². The van der Waals surface area contributed by atoms with Gasteiger partial charge in [-0.2, -0.15) is 0 Å². The minimum Gasteiger partial charge on any atom is -0.359 e. The topological polar surface area (TPSA) is 49.8 Å². The van der Waals surface area contributed by atoms with Crippen molar-refractivity contribution in [1.29, 1.82) is 0 Å². The molecule has 4 nitrogen and oxygen atoms in total. The van der Waals surface area contributed by atoms with Crippen LogP contribution in [-0.4, -0.2) is 15.5 Å². The smallest absolute Gasteiger partial charge is 0.251 e. The Hall–Kier alpha value is -3.27. The highest BCUT2D eigenvalue weighted by atomic mass is 16.1. The van der Waals surface area contributed by atoms with Crippen molar-refractivity contribution in [3.63, 3.8) is 0 Å². The number of hydrogen-bond acceptors (Lipinski definition) is 1. The predicted molar refractivity (Wildman–Crippen MR) is 100.0 cm³/mol. The van der Waals surface area contributed by atoms with Crippen molar-refractivity contribution in [3.05, 3.63) is 89.9 Å². The molecule has 0 saturated heterocycles. The lowest BCUT2D eigenvalue weighted by Gasteiger charge is -2.08. The lowest BCUT2D eigenvalue weighted by Crippen LogP contribution is -2.22. The molecule has 0 atom stereocenters. The fourth-order valence-electron chi connectivity index (χ4n) is 3.04. The van der Waals surface area contributed by atoms with Crippen molar-refractivity contribution in [3.8, 4) is 5.69 Å². The zero-order valence-corrected chi connectivity index (χ0v) is 14.0. The molecule has 0 aliphatic rings. The number of aromatic amines is 1. The number of carbonyl (C=O) groups excluding carboxylic acids is 1. The van der Waals surface area contributed by atoms with Crippen molar-refractivity contribution in [2.75, 3.05) is 0 Å². The molecule has 2 aromatic carbocycles. The van der Waals surface area contributed by atoms with Crippen LogP contribution in [0, 0.1) is 6.92 Å². The van der Waals surface area contributed by atoms with Gasteiger partial charge in [-0.25, -0.2) is 0 Å². The third-order valence-electron chi connectivity index (χ3n) is 4.28. The molecule has 2 heterocycles. The number of benzene rings is 2. The van der Waals surface area contributed by atoms with Gasteiger partial charge in [0.2, 0.25) is 0 Å². The molecule has 4 heteroatoms. The van der Waals surface area contributed by atoms with Gasteiger partial charge in [0.25, 0.3) is 5.91 Å². The van der Waals surface area contributed by atoms with Crippen LogP contribution in [0.2, 0.25) is 0 Å². The number of hydrogen-bond donors (Lipinski definition) is 2. The summed E-state index contributed by atoms with van der Waals surface area (Å²) < 4.78 is 1.99. The number of rotatable bonds is 4. The van der Waals surface area contributed by atoms with E-state index in [1.54, 1.807) is 0 Å². The monoisotopic (exact) mass is 329 g/mol. The maximum Gasteiger partial charge on any atom is 0.251 e. The fourth-order valence-corrected chi connectivity index (χ4v) is 3.04. The number of nitrogens with one attached hydrogen (secondary N) is 2. The van der Waals surface area contributed by atoms with E-state index in [-0.39, 0.29) is 5.91 Å². The van der Waals surface area contributed by atoms with Gasteiger partial charge in [-0.15, -0.1) is 0 Å². The summed E-state index contributed by atoms with van der Waals surface area (Å²) in [5, 5.41) is 4.17. The molecule has 0 unspecified atom stereocenters. The summed E-state index contributed by atoms with van der Waals surface area (Å²) in [6, 6.07) is 19.9. The maximum absolute atomic E-state index is 12.5. The maximum atomic E-state index is 12.5. The van der Waals surface area contributed by atoms with Crippen LogP contribution in [0.1, 0.15) is 21.6 Å². The second kappa shape index (κ2) is 6.32. The molecular weight excluding hydrogens is 310 g/mol. The van der Waals surface area contributed by atoms with Crippen LogP contribution in [0.15, 0.2) is 73.1 Å². The third-order valence-corrected chi connectivity index (χ3v) is 4.28. The Kier molecular flexibility index (Phi) is 3.86. The SMILES string of the molecule is Cc1cc2cc(CNC(=O)c3cccc(-n4cccc4)c3)ccc2[nH]1. The van der Waals surface area contributed by atoms with Gasteiger partial charge < -0.3 is 14.9 Å². The second-order valence-electron chi connectivity index (χ2n) is 6.20. The number of aryl methyl sites for hydroxylation is 1. The second-order valence-corrected chi connectivity index (χ2v) is 6.20. The number of H-pyrrole nitrogens is 1. The first-order valence-electron chi connectivity index (χ1n) is 8.29. The molecule has 2 N–H and O–H groups in total. The first-order valence-corrected chi connectivity index (χ1v) is 8.29. The van der Waals surface area contributed by atoms with E-state index < -0.39 is 0 Å². The standard InChI is InChI=1S/C21H19N3O/c1-15-11-18-12-16(7-8-20(18)23-15)14-22-21(25)17-5-4-6-19(13-17)24-9-2-3-10-24/h2-13,23H,14H2,1H3,(H,22,25). The van der Waals surface area contributed by atoms with E-state index in [0.29, 0.717) is 12.1 Å². The van der Waals surface area contributed by atoms with E-state index in [0.717, 1.165) is 22.5 Å². The van der Waals surface area contributed by atoms with Gasteiger partial charge in [0.05, 0.1) is 0 Å². The van der Waals surface area contributed by atoms with Crippen LogP contribution < -0.4 is 5.32 Å². The van der Waals surface area contributed by atoms with Crippen LogP contribution >= 0.6 is 0 Å².